The fourth-order valence-electron chi connectivity index (χ4n) is 4.61. The predicted octanol–water partition coefficient (Wildman–Crippen LogP) is 3.08. The summed E-state index contributed by atoms with van der Waals surface area (Å²) in [6.07, 6.45) is 10.0. The van der Waals surface area contributed by atoms with Crippen LogP contribution < -0.4 is 11.1 Å². The summed E-state index contributed by atoms with van der Waals surface area (Å²) in [5.41, 5.74) is 7.03. The first-order valence-electron chi connectivity index (χ1n) is 11.4. The number of ether oxygens (including phenoxy) is 1. The third-order valence-corrected chi connectivity index (χ3v) is 6.59. The van der Waals surface area contributed by atoms with Crippen molar-refractivity contribution >= 4 is 34.2 Å². The molecule has 2 aromatic rings. The zero-order valence-corrected chi connectivity index (χ0v) is 18.3. The van der Waals surface area contributed by atoms with Gasteiger partial charge in [0.2, 0.25) is 0 Å². The molecule has 0 aromatic carbocycles. The first-order valence-corrected chi connectivity index (χ1v) is 11.4. The van der Waals surface area contributed by atoms with Gasteiger partial charge in [-0.3, -0.25) is 9.59 Å². The Balaban J connectivity index is 1.55. The Kier molecular flexibility index (Phi) is 6.41. The van der Waals surface area contributed by atoms with Gasteiger partial charge in [-0.2, -0.15) is 5.10 Å². The van der Waals surface area contributed by atoms with Crippen molar-refractivity contribution in [3.8, 4) is 0 Å². The molecule has 2 fully saturated rings. The molecule has 2 amide bonds. The van der Waals surface area contributed by atoms with Crippen LogP contribution in [0.1, 0.15) is 65.0 Å². The van der Waals surface area contributed by atoms with Gasteiger partial charge in [-0.05, 0) is 44.4 Å². The Bertz CT molecular complexity index is 952. The number of piperidine rings is 1. The van der Waals surface area contributed by atoms with Crippen molar-refractivity contribution in [1.29, 1.82) is 0 Å². The average Bonchev–Trinajstić information content (AvgIpc) is 3.27. The number of amides is 2. The third kappa shape index (κ3) is 4.37. The van der Waals surface area contributed by atoms with Crippen LogP contribution >= 0.6 is 0 Å². The molecular formula is C22H32N6O3. The van der Waals surface area contributed by atoms with Gasteiger partial charge in [-0.1, -0.05) is 20.3 Å². The largest absolute Gasteiger partial charge is 0.397 e. The summed E-state index contributed by atoms with van der Waals surface area (Å²) in [6.45, 7) is 5.50. The van der Waals surface area contributed by atoms with E-state index in [2.05, 4.69) is 29.2 Å². The fourth-order valence-corrected chi connectivity index (χ4v) is 4.61. The maximum atomic E-state index is 13.0. The number of carbonyl (C=O) groups is 2. The van der Waals surface area contributed by atoms with Crippen LogP contribution in [-0.4, -0.2) is 50.7 Å². The number of rotatable bonds is 4. The SMILES string of the molecule is CCC1CCC(CC)N(C(=O)C(=O)Nc2ncc(N)c3cn(C4CCCCO4)nc23)C1. The molecule has 2 aromatic heterocycles. The highest BCUT2D eigenvalue weighted by Gasteiger charge is 2.33. The maximum Gasteiger partial charge on any atom is 0.315 e. The van der Waals surface area contributed by atoms with Gasteiger partial charge in [0.1, 0.15) is 11.7 Å². The molecule has 3 unspecified atom stereocenters. The first-order chi connectivity index (χ1) is 15.0. The highest BCUT2D eigenvalue weighted by Crippen LogP contribution is 2.30. The summed E-state index contributed by atoms with van der Waals surface area (Å²) >= 11 is 0. The van der Waals surface area contributed by atoms with Crippen LogP contribution in [0.4, 0.5) is 11.5 Å². The molecule has 0 bridgehead atoms. The monoisotopic (exact) mass is 428 g/mol. The summed E-state index contributed by atoms with van der Waals surface area (Å²) in [5, 5.41) is 7.96. The number of hydrogen-bond acceptors (Lipinski definition) is 6. The average molecular weight is 429 g/mol. The van der Waals surface area contributed by atoms with Gasteiger partial charge in [0.05, 0.1) is 11.9 Å². The quantitative estimate of drug-likeness (QED) is 0.723. The van der Waals surface area contributed by atoms with E-state index < -0.39 is 11.8 Å². The summed E-state index contributed by atoms with van der Waals surface area (Å²) < 4.78 is 7.55. The number of nitrogen functional groups attached to an aromatic ring is 1. The van der Waals surface area contributed by atoms with Crippen LogP contribution in [0.5, 0.6) is 0 Å². The van der Waals surface area contributed by atoms with Crippen LogP contribution in [0.15, 0.2) is 12.4 Å². The Hall–Kier alpha value is -2.68. The minimum atomic E-state index is -0.683. The van der Waals surface area contributed by atoms with Crippen molar-refractivity contribution in [2.45, 2.75) is 71.1 Å². The Labute approximate surface area is 182 Å². The Morgan fingerprint density at radius 2 is 2.06 bits per heavy atom. The van der Waals surface area contributed by atoms with Crippen molar-refractivity contribution in [3.63, 3.8) is 0 Å². The molecule has 4 heterocycles. The number of nitrogens with one attached hydrogen (secondary N) is 1. The summed E-state index contributed by atoms with van der Waals surface area (Å²) in [5.74, 6) is -0.509. The number of nitrogens with zero attached hydrogens (tertiary/aromatic N) is 4. The highest BCUT2D eigenvalue weighted by atomic mass is 16.5. The second-order valence-electron chi connectivity index (χ2n) is 8.58. The lowest BCUT2D eigenvalue weighted by molar-refractivity contribution is -0.146. The predicted molar refractivity (Wildman–Crippen MR) is 118 cm³/mol. The molecule has 0 radical (unpaired) electrons. The molecule has 3 atom stereocenters. The number of fused-ring (bicyclic) bond motifs is 1. The molecule has 2 saturated heterocycles. The van der Waals surface area contributed by atoms with E-state index in [0.717, 1.165) is 44.9 Å². The smallest absolute Gasteiger partial charge is 0.315 e. The molecule has 4 rings (SSSR count). The van der Waals surface area contributed by atoms with Crippen molar-refractivity contribution < 1.29 is 14.3 Å². The number of likely N-dealkylation sites (tertiary alicyclic amines) is 1. The third-order valence-electron chi connectivity index (χ3n) is 6.59. The summed E-state index contributed by atoms with van der Waals surface area (Å²) in [7, 11) is 0. The summed E-state index contributed by atoms with van der Waals surface area (Å²) in [4.78, 5) is 31.9. The highest BCUT2D eigenvalue weighted by molar-refractivity contribution is 6.40. The van der Waals surface area contributed by atoms with E-state index in [0.29, 0.717) is 35.7 Å². The Morgan fingerprint density at radius 1 is 1.23 bits per heavy atom. The molecule has 9 heteroatoms. The van der Waals surface area contributed by atoms with Crippen LogP contribution in [-0.2, 0) is 14.3 Å². The minimum Gasteiger partial charge on any atom is -0.397 e. The summed E-state index contributed by atoms with van der Waals surface area (Å²) in [6, 6.07) is 0.100. The van der Waals surface area contributed by atoms with Crippen molar-refractivity contribution in [3.05, 3.63) is 12.4 Å². The molecule has 3 N–H and O–H groups in total. The molecule has 0 aliphatic carbocycles. The second-order valence-corrected chi connectivity index (χ2v) is 8.58. The molecule has 2 aliphatic heterocycles. The van der Waals surface area contributed by atoms with Gasteiger partial charge in [-0.25, -0.2) is 9.67 Å². The van der Waals surface area contributed by atoms with Gasteiger partial charge in [0.25, 0.3) is 0 Å². The van der Waals surface area contributed by atoms with Crippen molar-refractivity contribution in [1.82, 2.24) is 19.7 Å². The molecule has 0 spiro atoms. The zero-order chi connectivity index (χ0) is 22.0. The number of nitrogens with two attached hydrogens (primary N) is 1. The normalized spacial score (nSPS) is 24.3. The van der Waals surface area contributed by atoms with Crippen LogP contribution in [0.25, 0.3) is 10.9 Å². The van der Waals surface area contributed by atoms with Crippen molar-refractivity contribution in [2.75, 3.05) is 24.2 Å². The van der Waals surface area contributed by atoms with Crippen LogP contribution in [0, 0.1) is 5.92 Å². The lowest BCUT2D eigenvalue weighted by Crippen LogP contribution is -2.50. The van der Waals surface area contributed by atoms with E-state index in [1.54, 1.807) is 9.58 Å². The van der Waals surface area contributed by atoms with Gasteiger partial charge in [0, 0.05) is 30.8 Å². The number of pyridine rings is 1. The molecule has 168 valence electrons. The molecular weight excluding hydrogens is 396 g/mol. The van der Waals surface area contributed by atoms with E-state index in [-0.39, 0.29) is 18.1 Å². The van der Waals surface area contributed by atoms with Crippen LogP contribution in [0.3, 0.4) is 0 Å². The maximum absolute atomic E-state index is 13.0. The molecule has 9 nitrogen and oxygen atoms in total. The van der Waals surface area contributed by atoms with E-state index in [9.17, 15) is 9.59 Å². The first kappa shape index (κ1) is 21.5. The molecule has 31 heavy (non-hydrogen) atoms. The Morgan fingerprint density at radius 3 is 2.77 bits per heavy atom. The van der Waals surface area contributed by atoms with E-state index in [1.807, 2.05) is 6.20 Å². The van der Waals surface area contributed by atoms with Crippen LogP contribution in [0.2, 0.25) is 0 Å². The topological polar surface area (TPSA) is 115 Å². The van der Waals surface area contributed by atoms with Gasteiger partial charge in [0.15, 0.2) is 5.82 Å². The lowest BCUT2D eigenvalue weighted by Gasteiger charge is -2.38. The fraction of sp³-hybridized carbons (Fsp3) is 0.636. The zero-order valence-electron chi connectivity index (χ0n) is 18.3. The number of anilines is 2. The minimum absolute atomic E-state index is 0.100. The van der Waals surface area contributed by atoms with Gasteiger partial charge in [-0.15, -0.1) is 0 Å². The lowest BCUT2D eigenvalue weighted by atomic mass is 9.89. The van der Waals surface area contributed by atoms with E-state index >= 15 is 0 Å². The standard InChI is InChI=1S/C22H32N6O3/c1-3-14-8-9-15(4-2)27(12-14)22(30)21(29)25-20-19-16(17(23)11-24-20)13-28(26-19)18-7-5-6-10-31-18/h11,13-15,18H,3-10,12,23H2,1-2H3,(H,24,25,29). The van der Waals surface area contributed by atoms with E-state index in [4.69, 9.17) is 10.5 Å². The van der Waals surface area contributed by atoms with Gasteiger partial charge >= 0.3 is 11.8 Å². The molecule has 0 saturated carbocycles. The van der Waals surface area contributed by atoms with Gasteiger partial charge < -0.3 is 20.7 Å². The van der Waals surface area contributed by atoms with Crippen molar-refractivity contribution in [2.24, 2.45) is 5.92 Å². The molecule has 2 aliphatic rings. The number of hydrogen-bond donors (Lipinski definition) is 2. The number of aromatic nitrogens is 3. The van der Waals surface area contributed by atoms with E-state index in [1.165, 1.54) is 6.20 Å². The second kappa shape index (κ2) is 9.21. The number of carbonyl (C=O) groups excluding carboxylic acids is 2.